The number of fused-ring (bicyclic) bond motifs is 1. The summed E-state index contributed by atoms with van der Waals surface area (Å²) in [4.78, 5) is 23.8. The third kappa shape index (κ3) is 4.44. The van der Waals surface area contributed by atoms with Crippen LogP contribution < -0.4 is 9.47 Å². The Hall–Kier alpha value is -2.84. The summed E-state index contributed by atoms with van der Waals surface area (Å²) in [5.41, 5.74) is 4.29. The number of hydrogen-bond donors (Lipinski definition) is 1. The maximum atomic E-state index is 12.9. The zero-order valence-corrected chi connectivity index (χ0v) is 17.8. The zero-order chi connectivity index (χ0) is 21.1. The lowest BCUT2D eigenvalue weighted by atomic mass is 10.1. The molecule has 0 saturated carbocycles. The Labute approximate surface area is 172 Å². The first kappa shape index (κ1) is 20.9. The Balaban J connectivity index is 1.82. The Kier molecular flexibility index (Phi) is 6.24. The fraction of sp³-hybridized carbons (Fsp3) is 0.286. The lowest BCUT2D eigenvalue weighted by molar-refractivity contribution is -0.130. The molecule has 0 aliphatic rings. The van der Waals surface area contributed by atoms with Crippen LogP contribution in [0.15, 0.2) is 41.2 Å². The highest BCUT2D eigenvalue weighted by Crippen LogP contribution is 2.27. The van der Waals surface area contributed by atoms with Crippen molar-refractivity contribution in [2.45, 2.75) is 38.6 Å². The molecule has 3 aromatic rings. The molecular weight excluding hydrogens is 390 g/mol. The second-order valence-electron chi connectivity index (χ2n) is 6.62. The van der Waals surface area contributed by atoms with Crippen molar-refractivity contribution in [3.63, 3.8) is 0 Å². The number of hydrogen-bond acceptors (Lipinski definition) is 6. The molecule has 0 saturated heterocycles. The van der Waals surface area contributed by atoms with Crippen molar-refractivity contribution in [3.05, 3.63) is 52.9 Å². The minimum absolute atomic E-state index is 0.213. The summed E-state index contributed by atoms with van der Waals surface area (Å²) < 4.78 is 23.6. The molecule has 0 bridgehead atoms. The number of rotatable bonds is 6. The number of ether oxygens (including phenoxy) is 2. The fourth-order valence-electron chi connectivity index (χ4n) is 2.85. The van der Waals surface area contributed by atoms with Crippen molar-refractivity contribution < 1.29 is 18.8 Å². The topological polar surface area (TPSA) is 100 Å². The number of aromatic nitrogens is 3. The molecule has 1 atom stereocenters. The van der Waals surface area contributed by atoms with Gasteiger partial charge in [-0.05, 0) is 39.8 Å². The van der Waals surface area contributed by atoms with Gasteiger partial charge in [-0.15, -0.1) is 0 Å². The van der Waals surface area contributed by atoms with Gasteiger partial charge in [-0.2, -0.15) is 4.98 Å². The normalized spacial score (nSPS) is 12.8. The number of aromatic amines is 1. The van der Waals surface area contributed by atoms with Crippen molar-refractivity contribution in [2.24, 2.45) is 0 Å². The number of benzene rings is 1. The van der Waals surface area contributed by atoms with E-state index >= 15 is 0 Å². The highest BCUT2D eigenvalue weighted by atomic mass is 32.2. The predicted molar refractivity (Wildman–Crippen MR) is 112 cm³/mol. The van der Waals surface area contributed by atoms with Crippen LogP contribution in [0.4, 0.5) is 0 Å². The van der Waals surface area contributed by atoms with Gasteiger partial charge in [0.15, 0.2) is 5.75 Å². The smallest absolute Gasteiger partial charge is 0.338 e. The molecule has 1 aromatic carbocycles. The van der Waals surface area contributed by atoms with Gasteiger partial charge in [0.05, 0.1) is 23.8 Å². The monoisotopic (exact) mass is 413 g/mol. The molecule has 29 heavy (non-hydrogen) atoms. The first-order valence-electron chi connectivity index (χ1n) is 9.06. The van der Waals surface area contributed by atoms with Gasteiger partial charge in [-0.25, -0.2) is 4.79 Å². The van der Waals surface area contributed by atoms with Crippen LogP contribution in [0.3, 0.4) is 0 Å². The van der Waals surface area contributed by atoms with E-state index < -0.39 is 17.1 Å². The number of aryl methyl sites for hydroxylation is 1. The van der Waals surface area contributed by atoms with Crippen molar-refractivity contribution in [1.82, 2.24) is 15.0 Å². The highest BCUT2D eigenvalue weighted by Gasteiger charge is 2.21. The van der Waals surface area contributed by atoms with Crippen LogP contribution in [-0.4, -0.2) is 32.6 Å². The summed E-state index contributed by atoms with van der Waals surface area (Å²) in [7, 11) is 1.61. The third-order valence-corrected chi connectivity index (χ3v) is 5.79. The van der Waals surface area contributed by atoms with Gasteiger partial charge in [0.25, 0.3) is 0 Å². The van der Waals surface area contributed by atoms with Crippen LogP contribution in [0, 0.1) is 13.8 Å². The highest BCUT2D eigenvalue weighted by molar-refractivity contribution is 7.90. The second kappa shape index (κ2) is 8.67. The maximum absolute atomic E-state index is 12.9. The van der Waals surface area contributed by atoms with Gasteiger partial charge >= 0.3 is 11.1 Å². The molecule has 0 spiro atoms. The molecule has 2 aromatic heterocycles. The van der Waals surface area contributed by atoms with Gasteiger partial charge in [0.2, 0.25) is 0 Å². The van der Waals surface area contributed by atoms with Crippen LogP contribution in [0.1, 0.15) is 30.7 Å². The van der Waals surface area contributed by atoms with Crippen molar-refractivity contribution in [3.8, 4) is 11.5 Å². The first-order chi connectivity index (χ1) is 13.8. The van der Waals surface area contributed by atoms with E-state index in [9.17, 15) is 9.35 Å². The zero-order valence-electron chi connectivity index (χ0n) is 17.0. The number of nitrogens with one attached hydrogen (secondary N) is 1. The third-order valence-electron chi connectivity index (χ3n) is 4.63. The maximum Gasteiger partial charge on any atom is 0.338 e. The molecule has 2 heterocycles. The quantitative estimate of drug-likeness (QED) is 0.286. The Morgan fingerprint density at radius 2 is 2.10 bits per heavy atom. The SMILES string of the molecule is C/C=C(/C)C(=O)Oc1ccc2[nH]c([S+]([O-])Cc3ncc(C)c(OC)c3C)nc2c1. The van der Waals surface area contributed by atoms with Crippen molar-refractivity contribution >= 4 is 28.2 Å². The molecule has 0 radical (unpaired) electrons. The van der Waals surface area contributed by atoms with E-state index in [-0.39, 0.29) is 5.75 Å². The summed E-state index contributed by atoms with van der Waals surface area (Å²) in [6.07, 6.45) is 3.40. The molecule has 0 aliphatic carbocycles. The number of nitrogens with zero attached hydrogens (tertiary/aromatic N) is 2. The molecule has 0 aliphatic heterocycles. The van der Waals surface area contributed by atoms with Crippen LogP contribution in [-0.2, 0) is 21.7 Å². The summed E-state index contributed by atoms with van der Waals surface area (Å²) in [5.74, 6) is 0.929. The summed E-state index contributed by atoms with van der Waals surface area (Å²) in [6.45, 7) is 7.28. The molecule has 152 valence electrons. The average molecular weight is 413 g/mol. The fourth-order valence-corrected chi connectivity index (χ4v) is 3.95. The van der Waals surface area contributed by atoms with E-state index in [1.165, 1.54) is 0 Å². The van der Waals surface area contributed by atoms with Gasteiger partial charge in [0, 0.05) is 40.1 Å². The Morgan fingerprint density at radius 1 is 1.34 bits per heavy atom. The second-order valence-corrected chi connectivity index (χ2v) is 7.98. The van der Waals surface area contributed by atoms with E-state index in [1.54, 1.807) is 51.4 Å². The number of imidazole rings is 1. The summed E-state index contributed by atoms with van der Waals surface area (Å²) >= 11 is -1.42. The van der Waals surface area contributed by atoms with Crippen LogP contribution >= 0.6 is 0 Å². The van der Waals surface area contributed by atoms with E-state index in [2.05, 4.69) is 15.0 Å². The van der Waals surface area contributed by atoms with Crippen LogP contribution in [0.25, 0.3) is 11.0 Å². The van der Waals surface area contributed by atoms with E-state index in [1.807, 2.05) is 13.8 Å². The molecule has 1 unspecified atom stereocenters. The predicted octanol–water partition coefficient (Wildman–Crippen LogP) is 3.76. The van der Waals surface area contributed by atoms with E-state index in [0.29, 0.717) is 33.2 Å². The Bertz CT molecular complexity index is 1090. The molecule has 8 heteroatoms. The van der Waals surface area contributed by atoms with Gasteiger partial charge < -0.3 is 14.0 Å². The van der Waals surface area contributed by atoms with Crippen molar-refractivity contribution in [1.29, 1.82) is 0 Å². The molecule has 0 fully saturated rings. The summed E-state index contributed by atoms with van der Waals surface area (Å²) in [6, 6.07) is 5.06. The van der Waals surface area contributed by atoms with Gasteiger partial charge in [0.1, 0.15) is 11.5 Å². The minimum Gasteiger partial charge on any atom is -0.609 e. The minimum atomic E-state index is -1.42. The molecule has 0 amide bonds. The van der Waals surface area contributed by atoms with E-state index in [4.69, 9.17) is 9.47 Å². The van der Waals surface area contributed by atoms with Crippen molar-refractivity contribution in [2.75, 3.05) is 7.11 Å². The number of methoxy groups -OCH3 is 1. The first-order valence-corrected chi connectivity index (χ1v) is 10.4. The largest absolute Gasteiger partial charge is 0.609 e. The average Bonchev–Trinajstić information content (AvgIpc) is 3.13. The number of carbonyl (C=O) groups excluding carboxylic acids is 1. The lowest BCUT2D eigenvalue weighted by Crippen LogP contribution is -2.10. The summed E-state index contributed by atoms with van der Waals surface area (Å²) in [5, 5.41) is 0.342. The molecule has 7 nitrogen and oxygen atoms in total. The Morgan fingerprint density at radius 3 is 2.79 bits per heavy atom. The van der Waals surface area contributed by atoms with Crippen LogP contribution in [0.5, 0.6) is 11.5 Å². The van der Waals surface area contributed by atoms with Crippen LogP contribution in [0.2, 0.25) is 0 Å². The standard InChI is InChI=1S/C21H23N3O4S/c1-6-12(2)20(25)28-15-7-8-16-17(9-15)24-21(23-16)29(26)11-18-14(4)19(27-5)13(3)10-22-18/h6-10H,11H2,1-5H3,(H,23,24)/b12-6-. The number of pyridine rings is 1. The molecule has 3 rings (SSSR count). The number of H-pyrrole nitrogens is 1. The number of esters is 1. The number of carbonyl (C=O) groups is 1. The number of allylic oxidation sites excluding steroid dienone is 1. The van der Waals surface area contributed by atoms with Gasteiger partial charge in [-0.1, -0.05) is 6.08 Å². The van der Waals surface area contributed by atoms with E-state index in [0.717, 1.165) is 16.9 Å². The molecular formula is C21H23N3O4S. The molecule has 1 N–H and O–H groups in total. The lowest BCUT2D eigenvalue weighted by Gasteiger charge is -2.13. The van der Waals surface area contributed by atoms with Gasteiger partial charge in [-0.3, -0.25) is 9.97 Å².